The molecule has 0 spiro atoms. The average molecular weight is 274 g/mol. The summed E-state index contributed by atoms with van der Waals surface area (Å²) in [5, 5.41) is 10.5. The molecule has 2 rings (SSSR count). The number of benzene rings is 1. The number of methoxy groups -OCH3 is 1. The Morgan fingerprint density at radius 1 is 1.15 bits per heavy atom. The minimum atomic E-state index is -0.887. The Bertz CT molecular complexity index is 573. The van der Waals surface area contributed by atoms with Gasteiger partial charge in [0.25, 0.3) is 0 Å². The summed E-state index contributed by atoms with van der Waals surface area (Å²) >= 11 is 0. The third-order valence-corrected chi connectivity index (χ3v) is 2.73. The molecule has 1 unspecified atom stereocenters. The molecule has 5 heteroatoms. The lowest BCUT2D eigenvalue weighted by atomic mass is 10.1. The summed E-state index contributed by atoms with van der Waals surface area (Å²) in [7, 11) is 1.52. The topological polar surface area (TPSA) is 64.5 Å². The lowest BCUT2D eigenvalue weighted by Crippen LogP contribution is -2.10. The van der Waals surface area contributed by atoms with Gasteiger partial charge in [0.2, 0.25) is 5.88 Å². The van der Waals surface area contributed by atoms with Crippen molar-refractivity contribution in [1.29, 1.82) is 0 Å². The molecule has 1 N–H and O–H groups in total. The van der Waals surface area contributed by atoms with Crippen LogP contribution in [-0.4, -0.2) is 28.3 Å². The van der Waals surface area contributed by atoms with Crippen molar-refractivity contribution in [2.24, 2.45) is 0 Å². The number of para-hydroxylation sites is 1. The molecule has 0 fully saturated rings. The second-order valence-corrected chi connectivity index (χ2v) is 4.59. The van der Waals surface area contributed by atoms with Gasteiger partial charge in [0.1, 0.15) is 18.2 Å². The minimum absolute atomic E-state index is 0.0308. The number of nitrogens with zero attached hydrogens (tertiary/aromatic N) is 2. The Kier molecular flexibility index (Phi) is 4.53. The van der Waals surface area contributed by atoms with Gasteiger partial charge < -0.3 is 14.6 Å². The normalized spacial score (nSPS) is 12.2. The SMILES string of the molecule is COc1cc(C(O)c2ccccc2OC(C)C)ncn1. The number of hydrogen-bond donors (Lipinski definition) is 1. The molecule has 0 amide bonds. The number of rotatable bonds is 5. The summed E-state index contributed by atoms with van der Waals surface area (Å²) in [5.74, 6) is 1.06. The molecule has 20 heavy (non-hydrogen) atoms. The van der Waals surface area contributed by atoms with E-state index in [1.807, 2.05) is 38.1 Å². The molecular formula is C15H18N2O3. The van der Waals surface area contributed by atoms with Crippen LogP contribution in [0.15, 0.2) is 36.7 Å². The van der Waals surface area contributed by atoms with Crippen molar-refractivity contribution in [2.45, 2.75) is 26.1 Å². The molecule has 0 aliphatic heterocycles. The predicted molar refractivity (Wildman–Crippen MR) is 74.9 cm³/mol. The van der Waals surface area contributed by atoms with E-state index in [-0.39, 0.29) is 6.10 Å². The highest BCUT2D eigenvalue weighted by molar-refractivity contribution is 5.39. The van der Waals surface area contributed by atoms with Gasteiger partial charge in [-0.25, -0.2) is 9.97 Å². The molecule has 0 aliphatic rings. The fourth-order valence-electron chi connectivity index (χ4n) is 1.84. The highest BCUT2D eigenvalue weighted by Crippen LogP contribution is 2.30. The molecule has 2 aromatic rings. The number of ether oxygens (including phenoxy) is 2. The first-order chi connectivity index (χ1) is 9.61. The van der Waals surface area contributed by atoms with Crippen LogP contribution in [0.5, 0.6) is 11.6 Å². The van der Waals surface area contributed by atoms with Gasteiger partial charge in [0.05, 0.1) is 18.9 Å². The largest absolute Gasteiger partial charge is 0.491 e. The lowest BCUT2D eigenvalue weighted by molar-refractivity contribution is 0.194. The fraction of sp³-hybridized carbons (Fsp3) is 0.333. The van der Waals surface area contributed by atoms with Gasteiger partial charge in [-0.3, -0.25) is 0 Å². The van der Waals surface area contributed by atoms with Gasteiger partial charge in [-0.1, -0.05) is 18.2 Å². The summed E-state index contributed by atoms with van der Waals surface area (Å²) < 4.78 is 10.8. The first-order valence-corrected chi connectivity index (χ1v) is 6.41. The summed E-state index contributed by atoms with van der Waals surface area (Å²) in [6, 6.07) is 8.98. The van der Waals surface area contributed by atoms with E-state index >= 15 is 0 Å². The molecule has 1 atom stereocenters. The average Bonchev–Trinajstić information content (AvgIpc) is 2.46. The van der Waals surface area contributed by atoms with Crippen LogP contribution in [0.25, 0.3) is 0 Å². The smallest absolute Gasteiger partial charge is 0.216 e. The van der Waals surface area contributed by atoms with Crippen molar-refractivity contribution >= 4 is 0 Å². The Labute approximate surface area is 118 Å². The first kappa shape index (κ1) is 14.3. The second kappa shape index (κ2) is 6.34. The third kappa shape index (κ3) is 3.24. The Balaban J connectivity index is 2.34. The maximum atomic E-state index is 10.5. The molecule has 1 aromatic heterocycles. The molecule has 0 bridgehead atoms. The van der Waals surface area contributed by atoms with E-state index in [4.69, 9.17) is 9.47 Å². The van der Waals surface area contributed by atoms with Crippen LogP contribution in [-0.2, 0) is 0 Å². The van der Waals surface area contributed by atoms with Crippen LogP contribution in [0.1, 0.15) is 31.2 Å². The Hall–Kier alpha value is -2.14. The summed E-state index contributed by atoms with van der Waals surface area (Å²) in [6.45, 7) is 3.88. The van der Waals surface area contributed by atoms with Crippen molar-refractivity contribution < 1.29 is 14.6 Å². The van der Waals surface area contributed by atoms with Crippen LogP contribution < -0.4 is 9.47 Å². The second-order valence-electron chi connectivity index (χ2n) is 4.59. The number of hydrogen-bond acceptors (Lipinski definition) is 5. The van der Waals surface area contributed by atoms with Crippen LogP contribution in [0, 0.1) is 0 Å². The third-order valence-electron chi connectivity index (χ3n) is 2.73. The predicted octanol–water partition coefficient (Wildman–Crippen LogP) is 2.35. The van der Waals surface area contributed by atoms with E-state index in [0.29, 0.717) is 22.9 Å². The quantitative estimate of drug-likeness (QED) is 0.906. The summed E-state index contributed by atoms with van der Waals surface area (Å²) in [6.07, 6.45) is 0.508. The zero-order valence-electron chi connectivity index (χ0n) is 11.8. The molecule has 1 aromatic carbocycles. The molecule has 0 radical (unpaired) electrons. The summed E-state index contributed by atoms with van der Waals surface area (Å²) in [5.41, 5.74) is 1.14. The van der Waals surface area contributed by atoms with E-state index in [2.05, 4.69) is 9.97 Å². The number of aliphatic hydroxyl groups excluding tert-OH is 1. The van der Waals surface area contributed by atoms with Crippen molar-refractivity contribution in [1.82, 2.24) is 9.97 Å². The standard InChI is InChI=1S/C15H18N2O3/c1-10(2)20-13-7-5-4-6-11(13)15(18)12-8-14(19-3)17-9-16-12/h4-10,15,18H,1-3H3. The molecule has 0 aliphatic carbocycles. The molecule has 0 saturated carbocycles. The molecule has 106 valence electrons. The maximum Gasteiger partial charge on any atom is 0.216 e. The minimum Gasteiger partial charge on any atom is -0.491 e. The van der Waals surface area contributed by atoms with Crippen molar-refractivity contribution in [3.63, 3.8) is 0 Å². The van der Waals surface area contributed by atoms with Gasteiger partial charge in [-0.05, 0) is 19.9 Å². The monoisotopic (exact) mass is 274 g/mol. The van der Waals surface area contributed by atoms with Crippen LogP contribution >= 0.6 is 0 Å². The van der Waals surface area contributed by atoms with Gasteiger partial charge in [0.15, 0.2) is 0 Å². The van der Waals surface area contributed by atoms with Gasteiger partial charge in [-0.2, -0.15) is 0 Å². The van der Waals surface area contributed by atoms with E-state index in [1.54, 1.807) is 6.07 Å². The van der Waals surface area contributed by atoms with Gasteiger partial charge in [-0.15, -0.1) is 0 Å². The Morgan fingerprint density at radius 2 is 1.90 bits per heavy atom. The van der Waals surface area contributed by atoms with Crippen molar-refractivity contribution in [3.8, 4) is 11.6 Å². The van der Waals surface area contributed by atoms with E-state index in [0.717, 1.165) is 0 Å². The molecule has 0 saturated heterocycles. The van der Waals surface area contributed by atoms with Crippen molar-refractivity contribution in [2.75, 3.05) is 7.11 Å². The number of aromatic nitrogens is 2. The van der Waals surface area contributed by atoms with Crippen LogP contribution in [0.2, 0.25) is 0 Å². The molecule has 1 heterocycles. The molecular weight excluding hydrogens is 256 g/mol. The van der Waals surface area contributed by atoms with Gasteiger partial charge in [0, 0.05) is 11.6 Å². The van der Waals surface area contributed by atoms with E-state index in [9.17, 15) is 5.11 Å². The van der Waals surface area contributed by atoms with Gasteiger partial charge >= 0.3 is 0 Å². The highest BCUT2D eigenvalue weighted by Gasteiger charge is 2.18. The van der Waals surface area contributed by atoms with E-state index < -0.39 is 6.10 Å². The highest BCUT2D eigenvalue weighted by atomic mass is 16.5. The van der Waals surface area contributed by atoms with Crippen LogP contribution in [0.4, 0.5) is 0 Å². The fourth-order valence-corrected chi connectivity index (χ4v) is 1.84. The zero-order valence-corrected chi connectivity index (χ0v) is 11.8. The Morgan fingerprint density at radius 3 is 2.60 bits per heavy atom. The maximum absolute atomic E-state index is 10.5. The lowest BCUT2D eigenvalue weighted by Gasteiger charge is -2.17. The van der Waals surface area contributed by atoms with Crippen molar-refractivity contribution in [3.05, 3.63) is 47.9 Å². The summed E-state index contributed by atoms with van der Waals surface area (Å²) in [4.78, 5) is 8.02. The zero-order chi connectivity index (χ0) is 14.5. The number of aliphatic hydroxyl groups is 1. The first-order valence-electron chi connectivity index (χ1n) is 6.41. The molecule has 5 nitrogen and oxygen atoms in total. The van der Waals surface area contributed by atoms with Crippen LogP contribution in [0.3, 0.4) is 0 Å². The van der Waals surface area contributed by atoms with E-state index in [1.165, 1.54) is 13.4 Å².